The molecule has 3 rings (SSSR count). The molecule has 78 valence electrons. The van der Waals surface area contributed by atoms with Gasteiger partial charge in [-0.3, -0.25) is 4.40 Å². The van der Waals surface area contributed by atoms with Crippen molar-refractivity contribution in [3.63, 3.8) is 0 Å². The van der Waals surface area contributed by atoms with E-state index < -0.39 is 0 Å². The van der Waals surface area contributed by atoms with Gasteiger partial charge < -0.3 is 0 Å². The third-order valence-electron chi connectivity index (χ3n) is 2.13. The Bertz CT molecular complexity index is 648. The normalized spacial score (nSPS) is 10.8. The maximum Gasteiger partial charge on any atom is 0.255 e. The van der Waals surface area contributed by atoms with Crippen LogP contribution >= 0.6 is 15.9 Å². The van der Waals surface area contributed by atoms with E-state index in [4.69, 9.17) is 0 Å². The summed E-state index contributed by atoms with van der Waals surface area (Å²) in [4.78, 5) is 8.43. The van der Waals surface area contributed by atoms with Crippen LogP contribution in [0.15, 0.2) is 41.3 Å². The standard InChI is InChI=1S/C10H6BrN5/c11-8-4-1-3-7(13-8)9-14-15-10-12-5-2-6-16(9)10/h1-6H. The van der Waals surface area contributed by atoms with Gasteiger partial charge in [0.05, 0.1) is 0 Å². The fraction of sp³-hybridized carbons (Fsp3) is 0. The highest BCUT2D eigenvalue weighted by atomic mass is 79.9. The van der Waals surface area contributed by atoms with E-state index in [0.29, 0.717) is 11.6 Å². The van der Waals surface area contributed by atoms with Crippen molar-refractivity contribution in [1.29, 1.82) is 0 Å². The largest absolute Gasteiger partial charge is 0.265 e. The van der Waals surface area contributed by atoms with Gasteiger partial charge in [0, 0.05) is 12.4 Å². The van der Waals surface area contributed by atoms with Gasteiger partial charge >= 0.3 is 0 Å². The molecule has 0 radical (unpaired) electrons. The molecule has 0 atom stereocenters. The quantitative estimate of drug-likeness (QED) is 0.637. The maximum absolute atomic E-state index is 4.33. The van der Waals surface area contributed by atoms with Gasteiger partial charge in [0.15, 0.2) is 5.82 Å². The lowest BCUT2D eigenvalue weighted by atomic mass is 10.3. The predicted octanol–water partition coefficient (Wildman–Crippen LogP) is 1.95. The van der Waals surface area contributed by atoms with Crippen LogP contribution in [0.2, 0.25) is 0 Å². The first-order valence-corrected chi connectivity index (χ1v) is 5.42. The second kappa shape index (κ2) is 3.64. The number of rotatable bonds is 1. The molecule has 0 aliphatic carbocycles. The minimum atomic E-state index is 0.569. The molecule has 5 nitrogen and oxygen atoms in total. The van der Waals surface area contributed by atoms with Crippen molar-refractivity contribution in [1.82, 2.24) is 24.6 Å². The highest BCUT2D eigenvalue weighted by Gasteiger charge is 2.09. The number of hydrogen-bond acceptors (Lipinski definition) is 4. The van der Waals surface area contributed by atoms with Crippen molar-refractivity contribution in [3.05, 3.63) is 41.3 Å². The molecular weight excluding hydrogens is 270 g/mol. The Morgan fingerprint density at radius 1 is 1.12 bits per heavy atom. The summed E-state index contributed by atoms with van der Waals surface area (Å²) in [7, 11) is 0. The Balaban J connectivity index is 2.26. The van der Waals surface area contributed by atoms with Crippen molar-refractivity contribution in [2.24, 2.45) is 0 Å². The topological polar surface area (TPSA) is 56.0 Å². The third-order valence-corrected chi connectivity index (χ3v) is 2.57. The van der Waals surface area contributed by atoms with E-state index in [9.17, 15) is 0 Å². The molecule has 0 aromatic carbocycles. The highest BCUT2D eigenvalue weighted by molar-refractivity contribution is 9.10. The van der Waals surface area contributed by atoms with Crippen LogP contribution < -0.4 is 0 Å². The predicted molar refractivity (Wildman–Crippen MR) is 61.7 cm³/mol. The van der Waals surface area contributed by atoms with Crippen LogP contribution in [0.5, 0.6) is 0 Å². The summed E-state index contributed by atoms with van der Waals surface area (Å²) in [6.45, 7) is 0. The summed E-state index contributed by atoms with van der Waals surface area (Å²) in [5.74, 6) is 1.25. The first-order valence-electron chi connectivity index (χ1n) is 4.63. The van der Waals surface area contributed by atoms with Crippen LogP contribution in [0.4, 0.5) is 0 Å². The van der Waals surface area contributed by atoms with Gasteiger partial charge in [0.1, 0.15) is 10.3 Å². The molecule has 6 heteroatoms. The zero-order valence-corrected chi connectivity index (χ0v) is 9.66. The highest BCUT2D eigenvalue weighted by Crippen LogP contribution is 2.17. The lowest BCUT2D eigenvalue weighted by Gasteiger charge is -1.98. The van der Waals surface area contributed by atoms with Crippen molar-refractivity contribution in [3.8, 4) is 11.5 Å². The smallest absolute Gasteiger partial charge is 0.255 e. The minimum absolute atomic E-state index is 0.569. The molecule has 0 amide bonds. The van der Waals surface area contributed by atoms with E-state index in [0.717, 1.165) is 10.3 Å². The molecule has 0 fully saturated rings. The molecule has 3 aromatic rings. The van der Waals surface area contributed by atoms with Crippen LogP contribution in [-0.4, -0.2) is 24.6 Å². The van der Waals surface area contributed by atoms with E-state index >= 15 is 0 Å². The molecule has 3 aromatic heterocycles. The molecule has 0 bridgehead atoms. The summed E-state index contributed by atoms with van der Waals surface area (Å²) in [6, 6.07) is 7.49. The molecule has 0 aliphatic heterocycles. The molecule has 16 heavy (non-hydrogen) atoms. The van der Waals surface area contributed by atoms with E-state index in [-0.39, 0.29) is 0 Å². The van der Waals surface area contributed by atoms with Gasteiger partial charge in [-0.25, -0.2) is 9.97 Å². The monoisotopic (exact) mass is 275 g/mol. The van der Waals surface area contributed by atoms with Crippen LogP contribution in [0.25, 0.3) is 17.3 Å². The summed E-state index contributed by atoms with van der Waals surface area (Å²) in [6.07, 6.45) is 3.54. The van der Waals surface area contributed by atoms with Gasteiger partial charge in [-0.2, -0.15) is 0 Å². The maximum atomic E-state index is 4.33. The van der Waals surface area contributed by atoms with Gasteiger partial charge in [0.2, 0.25) is 0 Å². The summed E-state index contributed by atoms with van der Waals surface area (Å²) in [5, 5.41) is 8.05. The molecule has 0 saturated carbocycles. The van der Waals surface area contributed by atoms with Crippen LogP contribution in [0.3, 0.4) is 0 Å². The van der Waals surface area contributed by atoms with Gasteiger partial charge in [-0.1, -0.05) is 6.07 Å². The third kappa shape index (κ3) is 1.47. The zero-order valence-electron chi connectivity index (χ0n) is 8.08. The second-order valence-electron chi connectivity index (χ2n) is 3.16. The fourth-order valence-corrected chi connectivity index (χ4v) is 1.79. The Morgan fingerprint density at radius 2 is 2.06 bits per heavy atom. The molecule has 0 spiro atoms. The molecule has 0 unspecified atom stereocenters. The van der Waals surface area contributed by atoms with Crippen molar-refractivity contribution < 1.29 is 0 Å². The summed E-state index contributed by atoms with van der Waals surface area (Å²) >= 11 is 3.33. The number of fused-ring (bicyclic) bond motifs is 1. The summed E-state index contributed by atoms with van der Waals surface area (Å²) < 4.78 is 2.57. The van der Waals surface area contributed by atoms with Gasteiger partial charge in [0.25, 0.3) is 5.78 Å². The van der Waals surface area contributed by atoms with Crippen LogP contribution in [-0.2, 0) is 0 Å². The first kappa shape index (κ1) is 9.41. The molecular formula is C10H6BrN5. The average molecular weight is 276 g/mol. The van der Waals surface area contributed by atoms with E-state index in [2.05, 4.69) is 36.1 Å². The molecule has 0 saturated heterocycles. The van der Waals surface area contributed by atoms with Crippen molar-refractivity contribution in [2.75, 3.05) is 0 Å². The Labute approximate surface area is 99.3 Å². The number of nitrogens with zero attached hydrogens (tertiary/aromatic N) is 5. The second-order valence-corrected chi connectivity index (χ2v) is 3.97. The number of hydrogen-bond donors (Lipinski definition) is 0. The van der Waals surface area contributed by atoms with E-state index in [1.807, 2.05) is 30.5 Å². The molecule has 3 heterocycles. The van der Waals surface area contributed by atoms with Crippen molar-refractivity contribution >= 4 is 21.7 Å². The van der Waals surface area contributed by atoms with E-state index in [1.165, 1.54) is 0 Å². The van der Waals surface area contributed by atoms with Crippen LogP contribution in [0.1, 0.15) is 0 Å². The number of pyridine rings is 1. The Kier molecular flexibility index (Phi) is 2.14. The fourth-order valence-electron chi connectivity index (χ4n) is 1.45. The number of aromatic nitrogens is 5. The van der Waals surface area contributed by atoms with Gasteiger partial charge in [-0.05, 0) is 34.1 Å². The average Bonchev–Trinajstić information content (AvgIpc) is 2.72. The Hall–Kier alpha value is -1.82. The van der Waals surface area contributed by atoms with Crippen molar-refractivity contribution in [2.45, 2.75) is 0 Å². The first-order chi connectivity index (χ1) is 7.84. The van der Waals surface area contributed by atoms with E-state index in [1.54, 1.807) is 10.6 Å². The minimum Gasteiger partial charge on any atom is -0.265 e. The zero-order chi connectivity index (χ0) is 11.0. The van der Waals surface area contributed by atoms with Crippen LogP contribution in [0, 0.1) is 0 Å². The summed E-state index contributed by atoms with van der Waals surface area (Å²) in [5.41, 5.74) is 0.759. The SMILES string of the molecule is Brc1cccc(-c2nnc3ncccn23)n1. The van der Waals surface area contributed by atoms with Gasteiger partial charge in [-0.15, -0.1) is 10.2 Å². The lowest BCUT2D eigenvalue weighted by Crippen LogP contribution is -1.92. The molecule has 0 aliphatic rings. The lowest BCUT2D eigenvalue weighted by molar-refractivity contribution is 1.08. The number of halogens is 1. The molecule has 0 N–H and O–H groups in total. The Morgan fingerprint density at radius 3 is 2.94 bits per heavy atom.